The van der Waals surface area contributed by atoms with Gasteiger partial charge in [-0.15, -0.1) is 5.10 Å². The lowest BCUT2D eigenvalue weighted by molar-refractivity contribution is 0.472. The lowest BCUT2D eigenvalue weighted by Gasteiger charge is -1.96. The molecular formula is C10H13N5OS. The van der Waals surface area contributed by atoms with Gasteiger partial charge >= 0.3 is 0 Å². The molecule has 1 aliphatic carbocycles. The summed E-state index contributed by atoms with van der Waals surface area (Å²) in [6, 6.07) is 0.682. The number of aryl methyl sites for hydroxylation is 1. The second-order valence-corrected chi connectivity index (χ2v) is 5.09. The first-order valence-electron chi connectivity index (χ1n) is 5.52. The van der Waals surface area contributed by atoms with Gasteiger partial charge < -0.3 is 10.1 Å². The Bertz CT molecular complexity index is 504. The summed E-state index contributed by atoms with van der Waals surface area (Å²) in [6.45, 7) is 0.777. The normalized spacial score (nSPS) is 15.1. The molecule has 0 spiro atoms. The first-order chi connectivity index (χ1) is 8.29. The molecule has 90 valence electrons. The van der Waals surface area contributed by atoms with Crippen molar-refractivity contribution in [2.75, 3.05) is 0 Å². The molecule has 17 heavy (non-hydrogen) atoms. The molecule has 0 saturated heterocycles. The summed E-state index contributed by atoms with van der Waals surface area (Å²) in [4.78, 5) is 0. The maximum absolute atomic E-state index is 5.54. The molecule has 0 aromatic carbocycles. The van der Waals surface area contributed by atoms with Crippen molar-refractivity contribution in [3.63, 3.8) is 0 Å². The summed E-state index contributed by atoms with van der Waals surface area (Å²) in [7, 11) is 1.85. The van der Waals surface area contributed by atoms with E-state index in [1.807, 2.05) is 7.05 Å². The average Bonchev–Trinajstić information content (AvgIpc) is 2.90. The molecule has 0 aliphatic heterocycles. The predicted molar refractivity (Wildman–Crippen MR) is 63.1 cm³/mol. The minimum atomic E-state index is 0.561. The highest BCUT2D eigenvalue weighted by atomic mass is 32.1. The third-order valence-electron chi connectivity index (χ3n) is 2.45. The van der Waals surface area contributed by atoms with Crippen LogP contribution in [0.1, 0.15) is 17.8 Å². The molecule has 2 aromatic rings. The summed E-state index contributed by atoms with van der Waals surface area (Å²) < 4.78 is 7.22. The summed E-state index contributed by atoms with van der Waals surface area (Å²) in [5.74, 6) is 0.686. The van der Waals surface area contributed by atoms with Crippen LogP contribution in [0.4, 0.5) is 0 Å². The standard InChI is InChI=1S/C10H13N5OS/c1-15-6-8(4-12-15)16-10-14-13-9(17-10)5-11-7-2-3-7/h4,6-7,11H,2-3,5H2,1H3. The van der Waals surface area contributed by atoms with Gasteiger partial charge in [-0.25, -0.2) is 0 Å². The van der Waals surface area contributed by atoms with Gasteiger partial charge in [0.1, 0.15) is 5.01 Å². The maximum atomic E-state index is 5.54. The Balaban J connectivity index is 1.59. The van der Waals surface area contributed by atoms with Crippen molar-refractivity contribution in [1.29, 1.82) is 0 Å². The molecule has 0 amide bonds. The van der Waals surface area contributed by atoms with Crippen LogP contribution in [-0.4, -0.2) is 26.0 Å². The SMILES string of the molecule is Cn1cc(Oc2nnc(CNC3CC3)s2)cn1. The first kappa shape index (κ1) is 10.7. The second kappa shape index (κ2) is 4.42. The van der Waals surface area contributed by atoms with Crippen LogP contribution in [-0.2, 0) is 13.6 Å². The van der Waals surface area contributed by atoms with Gasteiger partial charge in [0.2, 0.25) is 0 Å². The summed E-state index contributed by atoms with van der Waals surface area (Å²) in [5.41, 5.74) is 0. The van der Waals surface area contributed by atoms with Crippen LogP contribution < -0.4 is 10.1 Å². The topological polar surface area (TPSA) is 64.9 Å². The second-order valence-electron chi connectivity index (χ2n) is 4.07. The van der Waals surface area contributed by atoms with E-state index in [0.717, 1.165) is 11.6 Å². The van der Waals surface area contributed by atoms with Crippen LogP contribution in [0.15, 0.2) is 12.4 Å². The van der Waals surface area contributed by atoms with Gasteiger partial charge in [0.15, 0.2) is 5.75 Å². The molecule has 0 radical (unpaired) electrons. The quantitative estimate of drug-likeness (QED) is 0.868. The van der Waals surface area contributed by atoms with Crippen molar-refractivity contribution in [1.82, 2.24) is 25.3 Å². The van der Waals surface area contributed by atoms with Crippen LogP contribution >= 0.6 is 11.3 Å². The fraction of sp³-hybridized carbons (Fsp3) is 0.500. The molecular weight excluding hydrogens is 238 g/mol. The highest BCUT2D eigenvalue weighted by Crippen LogP contribution is 2.25. The largest absolute Gasteiger partial charge is 0.426 e. The molecule has 2 heterocycles. The molecule has 2 aromatic heterocycles. The fourth-order valence-electron chi connectivity index (χ4n) is 1.42. The Morgan fingerprint density at radius 2 is 2.41 bits per heavy atom. The number of ether oxygens (including phenoxy) is 1. The molecule has 6 nitrogen and oxygen atoms in total. The van der Waals surface area contributed by atoms with Crippen LogP contribution in [0.25, 0.3) is 0 Å². The van der Waals surface area contributed by atoms with E-state index in [1.165, 1.54) is 24.2 Å². The van der Waals surface area contributed by atoms with Crippen molar-refractivity contribution in [3.05, 3.63) is 17.4 Å². The molecule has 1 aliphatic rings. The van der Waals surface area contributed by atoms with E-state index < -0.39 is 0 Å². The molecule has 0 atom stereocenters. The van der Waals surface area contributed by atoms with Crippen molar-refractivity contribution < 1.29 is 4.74 Å². The van der Waals surface area contributed by atoms with Gasteiger partial charge in [0, 0.05) is 13.1 Å². The number of hydrogen-bond donors (Lipinski definition) is 1. The van der Waals surface area contributed by atoms with E-state index in [4.69, 9.17) is 4.74 Å². The van der Waals surface area contributed by atoms with Gasteiger partial charge in [-0.1, -0.05) is 16.4 Å². The van der Waals surface area contributed by atoms with Gasteiger partial charge in [0.05, 0.1) is 18.9 Å². The van der Waals surface area contributed by atoms with E-state index in [2.05, 4.69) is 20.6 Å². The van der Waals surface area contributed by atoms with E-state index >= 15 is 0 Å². The highest BCUT2D eigenvalue weighted by Gasteiger charge is 2.20. The molecule has 1 N–H and O–H groups in total. The molecule has 7 heteroatoms. The predicted octanol–water partition coefficient (Wildman–Crippen LogP) is 1.32. The zero-order valence-electron chi connectivity index (χ0n) is 9.46. The summed E-state index contributed by atoms with van der Waals surface area (Å²) >= 11 is 1.46. The smallest absolute Gasteiger partial charge is 0.299 e. The van der Waals surface area contributed by atoms with E-state index in [1.54, 1.807) is 17.1 Å². The fourth-order valence-corrected chi connectivity index (χ4v) is 2.08. The van der Waals surface area contributed by atoms with Crippen molar-refractivity contribution in [2.45, 2.75) is 25.4 Å². The lowest BCUT2D eigenvalue weighted by atomic mass is 10.6. The van der Waals surface area contributed by atoms with Gasteiger partial charge in [-0.2, -0.15) is 5.10 Å². The van der Waals surface area contributed by atoms with E-state index in [9.17, 15) is 0 Å². The monoisotopic (exact) mass is 251 g/mol. The van der Waals surface area contributed by atoms with Gasteiger partial charge in [-0.3, -0.25) is 4.68 Å². The van der Waals surface area contributed by atoms with Crippen molar-refractivity contribution in [2.24, 2.45) is 7.05 Å². The molecule has 0 unspecified atom stereocenters. The van der Waals surface area contributed by atoms with E-state index in [0.29, 0.717) is 17.0 Å². The Morgan fingerprint density at radius 3 is 3.12 bits per heavy atom. The van der Waals surface area contributed by atoms with Crippen LogP contribution in [0, 0.1) is 0 Å². The Hall–Kier alpha value is -1.47. The average molecular weight is 251 g/mol. The number of rotatable bonds is 5. The Kier molecular flexibility index (Phi) is 2.77. The number of nitrogens with one attached hydrogen (secondary N) is 1. The maximum Gasteiger partial charge on any atom is 0.299 e. The van der Waals surface area contributed by atoms with Crippen LogP contribution in [0.5, 0.6) is 10.9 Å². The summed E-state index contributed by atoms with van der Waals surface area (Å²) in [5, 5.41) is 17.0. The van der Waals surface area contributed by atoms with Gasteiger partial charge in [-0.05, 0) is 12.8 Å². The van der Waals surface area contributed by atoms with Crippen LogP contribution in [0.3, 0.4) is 0 Å². The van der Waals surface area contributed by atoms with E-state index in [-0.39, 0.29) is 0 Å². The van der Waals surface area contributed by atoms with Crippen LogP contribution in [0.2, 0.25) is 0 Å². The zero-order valence-corrected chi connectivity index (χ0v) is 10.3. The lowest BCUT2D eigenvalue weighted by Crippen LogP contribution is -2.14. The number of nitrogens with zero attached hydrogens (tertiary/aromatic N) is 4. The number of hydrogen-bond acceptors (Lipinski definition) is 6. The minimum absolute atomic E-state index is 0.561. The molecule has 3 rings (SSSR count). The number of aromatic nitrogens is 4. The third kappa shape index (κ3) is 2.80. The molecule has 0 bridgehead atoms. The first-order valence-corrected chi connectivity index (χ1v) is 6.33. The van der Waals surface area contributed by atoms with Gasteiger partial charge in [0.25, 0.3) is 5.19 Å². The molecule has 1 fully saturated rings. The summed E-state index contributed by atoms with van der Waals surface area (Å²) in [6.07, 6.45) is 6.00. The van der Waals surface area contributed by atoms with Crippen molar-refractivity contribution in [3.8, 4) is 10.9 Å². The Morgan fingerprint density at radius 1 is 1.53 bits per heavy atom. The Labute approximate surface area is 103 Å². The third-order valence-corrected chi connectivity index (χ3v) is 3.26. The zero-order chi connectivity index (χ0) is 11.7. The van der Waals surface area contributed by atoms with Crippen molar-refractivity contribution >= 4 is 11.3 Å². The molecule has 1 saturated carbocycles. The minimum Gasteiger partial charge on any atom is -0.426 e. The highest BCUT2D eigenvalue weighted by molar-refractivity contribution is 7.13.